The summed E-state index contributed by atoms with van der Waals surface area (Å²) in [5.41, 5.74) is 6.35. The molecule has 1 aliphatic carbocycles. The molecule has 3 N–H and O–H groups in total. The molecule has 6 heteroatoms. The van der Waals surface area contributed by atoms with Gasteiger partial charge in [-0.05, 0) is 24.7 Å². The Morgan fingerprint density at radius 2 is 2.35 bits per heavy atom. The first-order valence-corrected chi connectivity index (χ1v) is 7.53. The van der Waals surface area contributed by atoms with E-state index in [9.17, 15) is 4.79 Å². The van der Waals surface area contributed by atoms with Crippen LogP contribution in [0.5, 0.6) is 0 Å². The van der Waals surface area contributed by atoms with Gasteiger partial charge in [-0.15, -0.1) is 11.3 Å². The van der Waals surface area contributed by atoms with Crippen molar-refractivity contribution in [2.24, 2.45) is 11.8 Å². The van der Waals surface area contributed by atoms with Crippen LogP contribution in [0.25, 0.3) is 0 Å². The number of anilines is 2. The minimum atomic E-state index is -0.498. The molecule has 1 saturated carbocycles. The molecular weight excluding hydrogens is 274 g/mol. The summed E-state index contributed by atoms with van der Waals surface area (Å²) in [6.07, 6.45) is 3.66. The quantitative estimate of drug-likeness (QED) is 0.833. The van der Waals surface area contributed by atoms with Crippen LogP contribution in [0.2, 0.25) is 0 Å². The van der Waals surface area contributed by atoms with Crippen molar-refractivity contribution in [1.29, 1.82) is 5.26 Å². The highest BCUT2D eigenvalue weighted by Gasteiger charge is 2.25. The summed E-state index contributed by atoms with van der Waals surface area (Å²) >= 11 is 1.22. The first-order valence-electron chi connectivity index (χ1n) is 6.71. The number of hydrogen-bond acceptors (Lipinski definition) is 6. The Morgan fingerprint density at radius 1 is 1.60 bits per heavy atom. The summed E-state index contributed by atoms with van der Waals surface area (Å²) in [5.74, 6) is 0.886. The van der Waals surface area contributed by atoms with Gasteiger partial charge in [0.25, 0.3) is 0 Å². The highest BCUT2D eigenvalue weighted by molar-refractivity contribution is 7.17. The number of nitrogens with two attached hydrogens (primary N) is 1. The van der Waals surface area contributed by atoms with Crippen LogP contribution in [0.4, 0.5) is 10.7 Å². The number of methoxy groups -OCH3 is 1. The van der Waals surface area contributed by atoms with Crippen LogP contribution in [-0.2, 0) is 4.74 Å². The number of carbonyl (C=O) groups is 1. The standard InChI is InChI=1S/C14H19N3O2S/c1-8-3-4-9(5-8)7-17-13-11(14(18)19-2)12(16)10(6-15)20-13/h8-9,17H,3-5,7,16H2,1-2H3. The maximum absolute atomic E-state index is 11.8. The highest BCUT2D eigenvalue weighted by Crippen LogP contribution is 2.37. The zero-order valence-electron chi connectivity index (χ0n) is 11.7. The molecule has 0 aromatic carbocycles. The van der Waals surface area contributed by atoms with Crippen molar-refractivity contribution in [3.05, 3.63) is 10.4 Å². The SMILES string of the molecule is COC(=O)c1c(NCC2CCC(C)C2)sc(C#N)c1N. The third-order valence-electron chi connectivity index (χ3n) is 3.79. The normalized spacial score (nSPS) is 21.4. The van der Waals surface area contributed by atoms with Crippen molar-refractivity contribution in [1.82, 2.24) is 0 Å². The van der Waals surface area contributed by atoms with E-state index in [1.807, 2.05) is 6.07 Å². The summed E-state index contributed by atoms with van der Waals surface area (Å²) in [6, 6.07) is 2.02. The van der Waals surface area contributed by atoms with E-state index < -0.39 is 5.97 Å². The average Bonchev–Trinajstić information content (AvgIpc) is 2.99. The summed E-state index contributed by atoms with van der Waals surface area (Å²) in [5, 5.41) is 12.9. The average molecular weight is 293 g/mol. The van der Waals surface area contributed by atoms with Crippen LogP contribution < -0.4 is 11.1 Å². The second-order valence-electron chi connectivity index (χ2n) is 5.32. The van der Waals surface area contributed by atoms with E-state index in [2.05, 4.69) is 12.2 Å². The van der Waals surface area contributed by atoms with Gasteiger partial charge in [0.1, 0.15) is 21.5 Å². The van der Waals surface area contributed by atoms with E-state index in [4.69, 9.17) is 15.7 Å². The summed E-state index contributed by atoms with van der Waals surface area (Å²) in [4.78, 5) is 12.1. The number of carbonyl (C=O) groups excluding carboxylic acids is 1. The number of thiophene rings is 1. The Kier molecular flexibility index (Phi) is 4.50. The van der Waals surface area contributed by atoms with E-state index in [-0.39, 0.29) is 5.69 Å². The Labute approximate surface area is 122 Å². The van der Waals surface area contributed by atoms with Crippen LogP contribution >= 0.6 is 11.3 Å². The summed E-state index contributed by atoms with van der Waals surface area (Å²) in [7, 11) is 1.31. The number of nitrogens with zero attached hydrogens (tertiary/aromatic N) is 1. The zero-order chi connectivity index (χ0) is 14.7. The van der Waals surface area contributed by atoms with Crippen molar-refractivity contribution in [2.75, 3.05) is 24.7 Å². The first-order chi connectivity index (χ1) is 9.56. The molecule has 0 aliphatic heterocycles. The second kappa shape index (κ2) is 6.14. The van der Waals surface area contributed by atoms with Crippen LogP contribution in [0.3, 0.4) is 0 Å². The van der Waals surface area contributed by atoms with Gasteiger partial charge in [0.15, 0.2) is 0 Å². The van der Waals surface area contributed by atoms with Gasteiger partial charge < -0.3 is 15.8 Å². The monoisotopic (exact) mass is 293 g/mol. The largest absolute Gasteiger partial charge is 0.465 e. The number of hydrogen-bond donors (Lipinski definition) is 2. The molecule has 0 spiro atoms. The predicted octanol–water partition coefficient (Wildman–Crippen LogP) is 2.84. The first kappa shape index (κ1) is 14.7. The number of esters is 1. The molecule has 2 atom stereocenters. The Bertz CT molecular complexity index is 547. The molecule has 1 aromatic heterocycles. The van der Waals surface area contributed by atoms with Crippen LogP contribution in [0.1, 0.15) is 41.4 Å². The van der Waals surface area contributed by atoms with Gasteiger partial charge >= 0.3 is 5.97 Å². The Morgan fingerprint density at radius 3 is 2.90 bits per heavy atom. The van der Waals surface area contributed by atoms with Crippen molar-refractivity contribution < 1.29 is 9.53 Å². The number of nitriles is 1. The fraction of sp³-hybridized carbons (Fsp3) is 0.571. The highest BCUT2D eigenvalue weighted by atomic mass is 32.1. The lowest BCUT2D eigenvalue weighted by atomic mass is 10.1. The van der Waals surface area contributed by atoms with Crippen molar-refractivity contribution >= 4 is 28.0 Å². The topological polar surface area (TPSA) is 88.1 Å². The van der Waals surface area contributed by atoms with E-state index in [1.165, 1.54) is 37.7 Å². The molecule has 0 saturated heterocycles. The lowest BCUT2D eigenvalue weighted by Crippen LogP contribution is -2.13. The molecule has 1 aromatic rings. The van der Waals surface area contributed by atoms with E-state index in [0.29, 0.717) is 21.4 Å². The van der Waals surface area contributed by atoms with Crippen molar-refractivity contribution in [3.63, 3.8) is 0 Å². The molecule has 1 heterocycles. The molecule has 2 rings (SSSR count). The molecule has 5 nitrogen and oxygen atoms in total. The third kappa shape index (κ3) is 2.88. The molecule has 20 heavy (non-hydrogen) atoms. The fourth-order valence-corrected chi connectivity index (χ4v) is 3.62. The van der Waals surface area contributed by atoms with Gasteiger partial charge in [-0.3, -0.25) is 0 Å². The molecule has 2 unspecified atom stereocenters. The van der Waals surface area contributed by atoms with Gasteiger partial charge in [-0.2, -0.15) is 5.26 Å². The predicted molar refractivity (Wildman–Crippen MR) is 79.8 cm³/mol. The number of nitrogen functional groups attached to an aromatic ring is 1. The minimum absolute atomic E-state index is 0.214. The van der Waals surface area contributed by atoms with Gasteiger partial charge in [0, 0.05) is 6.54 Å². The lowest BCUT2D eigenvalue weighted by molar-refractivity contribution is 0.0603. The molecule has 0 radical (unpaired) electrons. The van der Waals surface area contributed by atoms with Gasteiger partial charge in [-0.25, -0.2) is 4.79 Å². The van der Waals surface area contributed by atoms with Gasteiger partial charge in [0.05, 0.1) is 12.8 Å². The summed E-state index contributed by atoms with van der Waals surface area (Å²) < 4.78 is 4.74. The fourth-order valence-electron chi connectivity index (χ4n) is 2.70. The third-order valence-corrected chi connectivity index (χ3v) is 4.86. The molecule has 108 valence electrons. The Hall–Kier alpha value is -1.74. The maximum atomic E-state index is 11.8. The van der Waals surface area contributed by atoms with Gasteiger partial charge in [-0.1, -0.05) is 13.3 Å². The van der Waals surface area contributed by atoms with Crippen molar-refractivity contribution in [3.8, 4) is 6.07 Å². The summed E-state index contributed by atoms with van der Waals surface area (Å²) in [6.45, 7) is 3.07. The van der Waals surface area contributed by atoms with Crippen LogP contribution in [0, 0.1) is 23.2 Å². The van der Waals surface area contributed by atoms with E-state index in [1.54, 1.807) is 0 Å². The zero-order valence-corrected chi connectivity index (χ0v) is 12.5. The van der Waals surface area contributed by atoms with E-state index in [0.717, 1.165) is 12.5 Å². The Balaban J connectivity index is 2.14. The van der Waals surface area contributed by atoms with Gasteiger partial charge in [0.2, 0.25) is 0 Å². The number of nitrogens with one attached hydrogen (secondary N) is 1. The smallest absolute Gasteiger partial charge is 0.343 e. The van der Waals surface area contributed by atoms with Crippen LogP contribution in [0.15, 0.2) is 0 Å². The lowest BCUT2D eigenvalue weighted by Gasteiger charge is -2.12. The second-order valence-corrected chi connectivity index (χ2v) is 6.34. The molecule has 1 fully saturated rings. The molecule has 0 bridgehead atoms. The van der Waals surface area contributed by atoms with Crippen LogP contribution in [-0.4, -0.2) is 19.6 Å². The maximum Gasteiger partial charge on any atom is 0.343 e. The number of rotatable bonds is 4. The molecule has 0 amide bonds. The number of ether oxygens (including phenoxy) is 1. The van der Waals surface area contributed by atoms with E-state index >= 15 is 0 Å². The molecule has 1 aliphatic rings. The minimum Gasteiger partial charge on any atom is -0.465 e. The molecular formula is C14H19N3O2S. The van der Waals surface area contributed by atoms with Crippen molar-refractivity contribution in [2.45, 2.75) is 26.2 Å².